The van der Waals surface area contributed by atoms with E-state index in [2.05, 4.69) is 22.0 Å². The highest BCUT2D eigenvalue weighted by atomic mass is 79.9. The van der Waals surface area contributed by atoms with Crippen LogP contribution in [0.4, 0.5) is 0 Å². The van der Waals surface area contributed by atoms with Gasteiger partial charge in [0.15, 0.2) is 0 Å². The SMILES string of the molecule is CC(C#N)(CO)Cc1cccc(Br)c1. The number of aliphatic hydroxyl groups is 1. The number of aliphatic hydroxyl groups excluding tert-OH is 1. The summed E-state index contributed by atoms with van der Waals surface area (Å²) in [4.78, 5) is 0. The third-order valence-corrected chi connectivity index (χ3v) is 2.60. The van der Waals surface area contributed by atoms with Gasteiger partial charge in [0, 0.05) is 4.47 Å². The number of rotatable bonds is 3. The molecule has 1 unspecified atom stereocenters. The summed E-state index contributed by atoms with van der Waals surface area (Å²) in [7, 11) is 0. The van der Waals surface area contributed by atoms with E-state index in [-0.39, 0.29) is 6.61 Å². The first-order valence-corrected chi connectivity index (χ1v) is 5.15. The molecule has 0 aliphatic rings. The first kappa shape index (κ1) is 11.2. The maximum Gasteiger partial charge on any atom is 0.0816 e. The number of hydrogen-bond acceptors (Lipinski definition) is 2. The summed E-state index contributed by atoms with van der Waals surface area (Å²) in [5.74, 6) is 0. The minimum absolute atomic E-state index is 0.115. The van der Waals surface area contributed by atoms with Crippen LogP contribution in [0.5, 0.6) is 0 Å². The van der Waals surface area contributed by atoms with Gasteiger partial charge in [0.1, 0.15) is 0 Å². The maximum atomic E-state index is 9.08. The molecule has 0 aromatic heterocycles. The van der Waals surface area contributed by atoms with Crippen LogP contribution >= 0.6 is 15.9 Å². The highest BCUT2D eigenvalue weighted by molar-refractivity contribution is 9.10. The zero-order valence-electron chi connectivity index (χ0n) is 8.00. The van der Waals surface area contributed by atoms with Crippen molar-refractivity contribution >= 4 is 15.9 Å². The van der Waals surface area contributed by atoms with Gasteiger partial charge < -0.3 is 5.11 Å². The highest BCUT2D eigenvalue weighted by Crippen LogP contribution is 2.22. The Bertz CT molecular complexity index is 359. The van der Waals surface area contributed by atoms with Gasteiger partial charge in [0.2, 0.25) is 0 Å². The lowest BCUT2D eigenvalue weighted by molar-refractivity contribution is 0.190. The van der Waals surface area contributed by atoms with Crippen molar-refractivity contribution in [3.05, 3.63) is 34.3 Å². The maximum absolute atomic E-state index is 9.08. The Kier molecular flexibility index (Phi) is 3.68. The molecule has 1 atom stereocenters. The molecule has 0 heterocycles. The second-order valence-electron chi connectivity index (χ2n) is 3.64. The molecule has 0 fully saturated rings. The van der Waals surface area contributed by atoms with Gasteiger partial charge in [-0.3, -0.25) is 0 Å². The zero-order chi connectivity index (χ0) is 10.6. The summed E-state index contributed by atoms with van der Waals surface area (Å²) >= 11 is 3.37. The largest absolute Gasteiger partial charge is 0.395 e. The van der Waals surface area contributed by atoms with Gasteiger partial charge >= 0.3 is 0 Å². The molecule has 0 bridgehead atoms. The van der Waals surface area contributed by atoms with Crippen molar-refractivity contribution < 1.29 is 5.11 Å². The first-order chi connectivity index (χ1) is 6.59. The topological polar surface area (TPSA) is 44.0 Å². The molecule has 0 saturated heterocycles. The van der Waals surface area contributed by atoms with E-state index in [1.807, 2.05) is 24.3 Å². The molecular formula is C11H12BrNO. The number of benzene rings is 1. The summed E-state index contributed by atoms with van der Waals surface area (Å²) in [6, 6.07) is 9.91. The molecule has 74 valence electrons. The Labute approximate surface area is 92.3 Å². The molecule has 1 rings (SSSR count). The van der Waals surface area contributed by atoms with E-state index in [1.165, 1.54) is 0 Å². The molecule has 0 aliphatic carbocycles. The minimum Gasteiger partial charge on any atom is -0.395 e. The van der Waals surface area contributed by atoms with Crippen molar-refractivity contribution in [1.29, 1.82) is 5.26 Å². The van der Waals surface area contributed by atoms with Gasteiger partial charge in [-0.25, -0.2) is 0 Å². The summed E-state index contributed by atoms with van der Waals surface area (Å²) in [6.45, 7) is 1.64. The lowest BCUT2D eigenvalue weighted by atomic mass is 9.86. The predicted octanol–water partition coefficient (Wildman–Crippen LogP) is 2.51. The third-order valence-electron chi connectivity index (χ3n) is 2.10. The second kappa shape index (κ2) is 4.59. The predicted molar refractivity (Wildman–Crippen MR) is 58.7 cm³/mol. The van der Waals surface area contributed by atoms with E-state index in [1.54, 1.807) is 6.92 Å². The summed E-state index contributed by atoms with van der Waals surface area (Å²) in [5, 5.41) is 18.0. The van der Waals surface area contributed by atoms with Crippen LogP contribution in [-0.4, -0.2) is 11.7 Å². The molecule has 0 aliphatic heterocycles. The van der Waals surface area contributed by atoms with Crippen molar-refractivity contribution in [3.63, 3.8) is 0 Å². The average Bonchev–Trinajstić information content (AvgIpc) is 2.18. The fourth-order valence-corrected chi connectivity index (χ4v) is 1.67. The monoisotopic (exact) mass is 253 g/mol. The number of nitrogens with zero attached hydrogens (tertiary/aromatic N) is 1. The number of nitriles is 1. The van der Waals surface area contributed by atoms with Gasteiger partial charge in [0.05, 0.1) is 18.1 Å². The molecular weight excluding hydrogens is 242 g/mol. The molecule has 1 aromatic carbocycles. The van der Waals surface area contributed by atoms with Crippen LogP contribution in [0.25, 0.3) is 0 Å². The quantitative estimate of drug-likeness (QED) is 0.900. The molecule has 3 heteroatoms. The van der Waals surface area contributed by atoms with Gasteiger partial charge in [-0.1, -0.05) is 28.1 Å². The molecule has 0 radical (unpaired) electrons. The Morgan fingerprint density at radius 1 is 1.57 bits per heavy atom. The van der Waals surface area contributed by atoms with Crippen LogP contribution in [0, 0.1) is 16.7 Å². The van der Waals surface area contributed by atoms with Crippen molar-refractivity contribution in [1.82, 2.24) is 0 Å². The summed E-state index contributed by atoms with van der Waals surface area (Å²) in [5.41, 5.74) is 0.373. The van der Waals surface area contributed by atoms with Crippen molar-refractivity contribution in [3.8, 4) is 6.07 Å². The molecule has 0 spiro atoms. The lowest BCUT2D eigenvalue weighted by Crippen LogP contribution is -2.21. The van der Waals surface area contributed by atoms with Crippen molar-refractivity contribution in [2.45, 2.75) is 13.3 Å². The van der Waals surface area contributed by atoms with Crippen molar-refractivity contribution in [2.75, 3.05) is 6.61 Å². The summed E-state index contributed by atoms with van der Waals surface area (Å²) < 4.78 is 0.994. The van der Waals surface area contributed by atoms with Crippen LogP contribution in [0.2, 0.25) is 0 Å². The summed E-state index contributed by atoms with van der Waals surface area (Å²) in [6.07, 6.45) is 0.569. The third kappa shape index (κ3) is 2.83. The van der Waals surface area contributed by atoms with E-state index >= 15 is 0 Å². The zero-order valence-corrected chi connectivity index (χ0v) is 9.58. The normalized spacial score (nSPS) is 14.4. The molecule has 14 heavy (non-hydrogen) atoms. The van der Waals surface area contributed by atoms with E-state index in [0.717, 1.165) is 10.0 Å². The minimum atomic E-state index is -0.680. The Morgan fingerprint density at radius 2 is 2.29 bits per heavy atom. The second-order valence-corrected chi connectivity index (χ2v) is 4.55. The van der Waals surface area contributed by atoms with Gasteiger partial charge in [-0.15, -0.1) is 0 Å². The fraction of sp³-hybridized carbons (Fsp3) is 0.364. The molecule has 2 nitrogen and oxygen atoms in total. The van der Waals surface area contributed by atoms with Crippen LogP contribution in [0.1, 0.15) is 12.5 Å². The smallest absolute Gasteiger partial charge is 0.0816 e. The van der Waals surface area contributed by atoms with Crippen LogP contribution < -0.4 is 0 Å². The Balaban J connectivity index is 2.84. The standard InChI is InChI=1S/C11H12BrNO/c1-11(7-13,8-14)6-9-3-2-4-10(12)5-9/h2-5,14H,6,8H2,1H3. The number of hydrogen-bond donors (Lipinski definition) is 1. The Hall–Kier alpha value is -0.850. The molecule has 0 saturated carbocycles. The Morgan fingerprint density at radius 3 is 2.79 bits per heavy atom. The van der Waals surface area contributed by atoms with Gasteiger partial charge in [-0.2, -0.15) is 5.26 Å². The highest BCUT2D eigenvalue weighted by Gasteiger charge is 2.23. The molecule has 0 amide bonds. The lowest BCUT2D eigenvalue weighted by Gasteiger charge is -2.18. The van der Waals surface area contributed by atoms with Crippen LogP contribution in [-0.2, 0) is 6.42 Å². The fourth-order valence-electron chi connectivity index (χ4n) is 1.23. The van der Waals surface area contributed by atoms with Crippen LogP contribution in [0.15, 0.2) is 28.7 Å². The van der Waals surface area contributed by atoms with E-state index < -0.39 is 5.41 Å². The van der Waals surface area contributed by atoms with E-state index in [0.29, 0.717) is 6.42 Å². The van der Waals surface area contributed by atoms with Gasteiger partial charge in [0.25, 0.3) is 0 Å². The molecule has 1 aromatic rings. The van der Waals surface area contributed by atoms with E-state index in [9.17, 15) is 0 Å². The average molecular weight is 254 g/mol. The number of halogens is 1. The van der Waals surface area contributed by atoms with Crippen LogP contribution in [0.3, 0.4) is 0 Å². The first-order valence-electron chi connectivity index (χ1n) is 4.36. The van der Waals surface area contributed by atoms with Gasteiger partial charge in [-0.05, 0) is 31.0 Å². The van der Waals surface area contributed by atoms with E-state index in [4.69, 9.17) is 10.4 Å². The van der Waals surface area contributed by atoms with Crippen molar-refractivity contribution in [2.24, 2.45) is 5.41 Å². The molecule has 1 N–H and O–H groups in total.